The molecule has 1 fully saturated rings. The van der Waals surface area contributed by atoms with Crippen molar-refractivity contribution in [1.82, 2.24) is 9.80 Å². The Kier molecular flexibility index (Phi) is 5.40. The predicted molar refractivity (Wildman–Crippen MR) is 89.5 cm³/mol. The van der Waals surface area contributed by atoms with E-state index < -0.39 is 0 Å². The second-order valence-corrected chi connectivity index (χ2v) is 5.81. The predicted octanol–water partition coefficient (Wildman–Crippen LogP) is 2.51. The van der Waals surface area contributed by atoms with Gasteiger partial charge in [0, 0.05) is 19.6 Å². The van der Waals surface area contributed by atoms with Crippen molar-refractivity contribution >= 4 is 5.91 Å². The van der Waals surface area contributed by atoms with E-state index in [1.807, 2.05) is 17.0 Å². The van der Waals surface area contributed by atoms with Crippen LogP contribution in [0.25, 0.3) is 0 Å². The lowest BCUT2D eigenvalue weighted by Crippen LogP contribution is -2.47. The summed E-state index contributed by atoms with van der Waals surface area (Å²) in [5, 5.41) is 0. The van der Waals surface area contributed by atoms with Crippen molar-refractivity contribution in [3.8, 4) is 0 Å². The molecule has 23 heavy (non-hydrogen) atoms. The van der Waals surface area contributed by atoms with Gasteiger partial charge in [-0.05, 0) is 11.1 Å². The van der Waals surface area contributed by atoms with Crippen LogP contribution >= 0.6 is 0 Å². The standard InChI is InChI=1S/C19H22N2O2/c22-19-15-23-12-11-21(19)16-20(13-17-7-3-1-4-8-17)14-18-9-5-2-6-10-18/h1-10H,11-16H2. The summed E-state index contributed by atoms with van der Waals surface area (Å²) in [5.41, 5.74) is 2.51. The topological polar surface area (TPSA) is 32.8 Å². The van der Waals surface area contributed by atoms with Gasteiger partial charge in [-0.25, -0.2) is 0 Å². The van der Waals surface area contributed by atoms with Crippen LogP contribution in [0.2, 0.25) is 0 Å². The molecule has 0 bridgehead atoms. The van der Waals surface area contributed by atoms with Crippen LogP contribution in [0.3, 0.4) is 0 Å². The minimum atomic E-state index is 0.0716. The molecule has 2 aromatic rings. The first kappa shape index (κ1) is 15.7. The maximum atomic E-state index is 12.0. The van der Waals surface area contributed by atoms with E-state index in [1.54, 1.807) is 0 Å². The molecular formula is C19H22N2O2. The molecule has 1 amide bonds. The van der Waals surface area contributed by atoms with E-state index in [4.69, 9.17) is 4.74 Å². The molecule has 0 radical (unpaired) electrons. The van der Waals surface area contributed by atoms with Gasteiger partial charge in [0.2, 0.25) is 5.91 Å². The van der Waals surface area contributed by atoms with E-state index in [0.717, 1.165) is 13.1 Å². The van der Waals surface area contributed by atoms with E-state index in [0.29, 0.717) is 19.8 Å². The van der Waals surface area contributed by atoms with E-state index in [-0.39, 0.29) is 12.5 Å². The SMILES string of the molecule is O=C1COCCN1CN(Cc1ccccc1)Cc1ccccc1. The lowest BCUT2D eigenvalue weighted by Gasteiger charge is -2.33. The fraction of sp³-hybridized carbons (Fsp3) is 0.316. The van der Waals surface area contributed by atoms with Crippen LogP contribution in [0.4, 0.5) is 0 Å². The van der Waals surface area contributed by atoms with Crippen molar-refractivity contribution in [2.24, 2.45) is 0 Å². The van der Waals surface area contributed by atoms with Gasteiger partial charge in [0.15, 0.2) is 0 Å². The van der Waals surface area contributed by atoms with E-state index in [9.17, 15) is 4.79 Å². The van der Waals surface area contributed by atoms with Gasteiger partial charge < -0.3 is 9.64 Å². The quantitative estimate of drug-likeness (QED) is 0.822. The molecule has 1 saturated heterocycles. The summed E-state index contributed by atoms with van der Waals surface area (Å²) in [5.74, 6) is 0.0716. The summed E-state index contributed by atoms with van der Waals surface area (Å²) in [6.07, 6.45) is 0. The number of hydrogen-bond acceptors (Lipinski definition) is 3. The molecular weight excluding hydrogens is 288 g/mol. The molecule has 120 valence electrons. The van der Waals surface area contributed by atoms with Crippen molar-refractivity contribution in [2.75, 3.05) is 26.4 Å². The number of amides is 1. The number of morpholine rings is 1. The largest absolute Gasteiger partial charge is 0.370 e. The summed E-state index contributed by atoms with van der Waals surface area (Å²) in [7, 11) is 0. The minimum absolute atomic E-state index is 0.0716. The zero-order chi connectivity index (χ0) is 15.9. The lowest BCUT2D eigenvalue weighted by atomic mass is 10.2. The summed E-state index contributed by atoms with van der Waals surface area (Å²) < 4.78 is 5.22. The first-order valence-electron chi connectivity index (χ1n) is 7.97. The number of hydrogen-bond donors (Lipinski definition) is 0. The van der Waals surface area contributed by atoms with Gasteiger partial charge in [0.1, 0.15) is 6.61 Å². The van der Waals surface area contributed by atoms with Gasteiger partial charge in [0.05, 0.1) is 13.3 Å². The van der Waals surface area contributed by atoms with Crippen molar-refractivity contribution in [3.05, 3.63) is 71.8 Å². The zero-order valence-corrected chi connectivity index (χ0v) is 13.2. The number of ether oxygens (including phenoxy) is 1. The molecule has 2 aromatic carbocycles. The second kappa shape index (κ2) is 7.90. The summed E-state index contributed by atoms with van der Waals surface area (Å²) >= 11 is 0. The van der Waals surface area contributed by atoms with Crippen molar-refractivity contribution in [2.45, 2.75) is 13.1 Å². The molecule has 0 atom stereocenters. The molecule has 1 heterocycles. The summed E-state index contributed by atoms with van der Waals surface area (Å²) in [4.78, 5) is 16.2. The minimum Gasteiger partial charge on any atom is -0.370 e. The second-order valence-electron chi connectivity index (χ2n) is 5.81. The van der Waals surface area contributed by atoms with Crippen molar-refractivity contribution in [3.63, 3.8) is 0 Å². The monoisotopic (exact) mass is 310 g/mol. The Morgan fingerprint density at radius 3 is 2.00 bits per heavy atom. The maximum Gasteiger partial charge on any atom is 0.249 e. The first-order valence-corrected chi connectivity index (χ1v) is 7.97. The molecule has 1 aliphatic heterocycles. The Morgan fingerprint density at radius 2 is 1.48 bits per heavy atom. The fourth-order valence-electron chi connectivity index (χ4n) is 2.78. The maximum absolute atomic E-state index is 12.0. The molecule has 3 rings (SSSR count). The first-order chi connectivity index (χ1) is 11.3. The molecule has 4 heteroatoms. The van der Waals surface area contributed by atoms with Crippen LogP contribution in [0.1, 0.15) is 11.1 Å². The van der Waals surface area contributed by atoms with Crippen LogP contribution in [0.15, 0.2) is 60.7 Å². The fourth-order valence-corrected chi connectivity index (χ4v) is 2.78. The number of rotatable bonds is 6. The number of carbonyl (C=O) groups is 1. The van der Waals surface area contributed by atoms with Gasteiger partial charge in [0.25, 0.3) is 0 Å². The lowest BCUT2D eigenvalue weighted by molar-refractivity contribution is -0.145. The highest BCUT2D eigenvalue weighted by Gasteiger charge is 2.21. The highest BCUT2D eigenvalue weighted by molar-refractivity contribution is 5.77. The third kappa shape index (κ3) is 4.65. The van der Waals surface area contributed by atoms with E-state index in [2.05, 4.69) is 53.4 Å². The number of carbonyl (C=O) groups excluding carboxylic acids is 1. The molecule has 1 aliphatic rings. The van der Waals surface area contributed by atoms with Gasteiger partial charge in [-0.2, -0.15) is 0 Å². The Morgan fingerprint density at radius 1 is 0.913 bits per heavy atom. The Labute approximate surface area is 137 Å². The molecule has 0 saturated carbocycles. The van der Waals surface area contributed by atoms with Gasteiger partial charge in [-0.3, -0.25) is 9.69 Å². The van der Waals surface area contributed by atoms with E-state index >= 15 is 0 Å². The average Bonchev–Trinajstić information content (AvgIpc) is 2.59. The molecule has 0 aromatic heterocycles. The van der Waals surface area contributed by atoms with Gasteiger partial charge >= 0.3 is 0 Å². The number of benzene rings is 2. The molecule has 0 unspecified atom stereocenters. The van der Waals surface area contributed by atoms with E-state index in [1.165, 1.54) is 11.1 Å². The Hall–Kier alpha value is -2.17. The van der Waals surface area contributed by atoms with Crippen LogP contribution in [0.5, 0.6) is 0 Å². The van der Waals surface area contributed by atoms with Crippen molar-refractivity contribution < 1.29 is 9.53 Å². The zero-order valence-electron chi connectivity index (χ0n) is 13.2. The normalized spacial score (nSPS) is 15.2. The van der Waals surface area contributed by atoms with Crippen LogP contribution in [0, 0.1) is 0 Å². The Bertz CT molecular complexity index is 574. The molecule has 0 aliphatic carbocycles. The molecule has 4 nitrogen and oxygen atoms in total. The third-order valence-electron chi connectivity index (χ3n) is 3.95. The third-order valence-corrected chi connectivity index (χ3v) is 3.95. The van der Waals surface area contributed by atoms with Crippen molar-refractivity contribution in [1.29, 1.82) is 0 Å². The van der Waals surface area contributed by atoms with Crippen LogP contribution < -0.4 is 0 Å². The Balaban J connectivity index is 1.71. The summed E-state index contributed by atoms with van der Waals surface area (Å²) in [6.45, 7) is 3.76. The highest BCUT2D eigenvalue weighted by atomic mass is 16.5. The molecule has 0 spiro atoms. The highest BCUT2D eigenvalue weighted by Crippen LogP contribution is 2.12. The van der Waals surface area contributed by atoms with Crippen LogP contribution in [-0.2, 0) is 22.6 Å². The summed E-state index contributed by atoms with van der Waals surface area (Å²) in [6, 6.07) is 20.8. The average molecular weight is 310 g/mol. The van der Waals surface area contributed by atoms with Gasteiger partial charge in [-0.1, -0.05) is 60.7 Å². The van der Waals surface area contributed by atoms with Crippen LogP contribution in [-0.4, -0.2) is 42.1 Å². The smallest absolute Gasteiger partial charge is 0.249 e. The number of nitrogens with zero attached hydrogens (tertiary/aromatic N) is 2. The van der Waals surface area contributed by atoms with Gasteiger partial charge in [-0.15, -0.1) is 0 Å². The molecule has 0 N–H and O–H groups in total.